The molecular weight excluding hydrogens is 713 g/mol. The number of anilines is 4. The lowest BCUT2D eigenvalue weighted by atomic mass is 9.82. The Kier molecular flexibility index (Phi) is 11.3. The Balaban J connectivity index is 1.07. The lowest BCUT2D eigenvalue weighted by Crippen LogP contribution is -2.29. The third kappa shape index (κ3) is 7.92. The number of nitrogens with zero attached hydrogens (tertiary/aromatic N) is 2. The first-order valence-corrected chi connectivity index (χ1v) is 22.7. The molecule has 0 aromatic heterocycles. The van der Waals surface area contributed by atoms with Gasteiger partial charge in [-0.25, -0.2) is 0 Å². The molecule has 0 amide bonds. The molecule has 2 atom stereocenters. The van der Waals surface area contributed by atoms with Crippen LogP contribution >= 0.6 is 0 Å². The van der Waals surface area contributed by atoms with Gasteiger partial charge in [0.05, 0.1) is 6.04 Å². The topological polar surface area (TPSA) is 6.48 Å². The van der Waals surface area contributed by atoms with Crippen LogP contribution in [0.5, 0.6) is 0 Å². The van der Waals surface area contributed by atoms with Crippen LogP contribution in [0.15, 0.2) is 165 Å². The first-order valence-electron chi connectivity index (χ1n) is 22.7. The van der Waals surface area contributed by atoms with Crippen LogP contribution in [0.25, 0.3) is 21.9 Å². The predicted molar refractivity (Wildman–Crippen MR) is 254 cm³/mol. The van der Waals surface area contributed by atoms with Crippen molar-refractivity contribution in [3.63, 3.8) is 0 Å². The number of benzene rings is 5. The standard InChI is InChI=1S/C57H62N2/c1-5-7-15-42-24-29-48(30-25-42)58(47(6-2)23-14-18-41-16-8-9-17-41)51-34-36-53-54-37-35-52(40-56(54)57(3,4)55(53)39-51)59(50-33-28-44-21-12-13-22-46(44)38-50)49-31-26-45(27-32-49)43-19-10-11-20-43/h5-6,12-14,18,21-22,24-26,28-41,43,45,47H,1-2,7-11,15-17,19-20,23,27H2,3-4H3. The summed E-state index contributed by atoms with van der Waals surface area (Å²) in [6.45, 7) is 13.2. The molecule has 0 aliphatic heterocycles. The van der Waals surface area contributed by atoms with E-state index in [9.17, 15) is 0 Å². The lowest BCUT2D eigenvalue weighted by Gasteiger charge is -2.33. The van der Waals surface area contributed by atoms with Crippen molar-refractivity contribution in [1.29, 1.82) is 0 Å². The average molecular weight is 775 g/mol. The van der Waals surface area contributed by atoms with Crippen LogP contribution < -0.4 is 9.80 Å². The van der Waals surface area contributed by atoms with Gasteiger partial charge in [0.15, 0.2) is 0 Å². The minimum atomic E-state index is -0.192. The summed E-state index contributed by atoms with van der Waals surface area (Å²) in [7, 11) is 0. The molecule has 2 heteroatoms. The fourth-order valence-electron chi connectivity index (χ4n) is 10.8. The zero-order valence-electron chi connectivity index (χ0n) is 35.5. The van der Waals surface area contributed by atoms with Crippen molar-refractivity contribution < 1.29 is 0 Å². The Morgan fingerprint density at radius 3 is 2.05 bits per heavy atom. The molecule has 2 fully saturated rings. The van der Waals surface area contributed by atoms with Crippen molar-refractivity contribution in [2.75, 3.05) is 9.80 Å². The fourth-order valence-corrected chi connectivity index (χ4v) is 10.8. The Morgan fingerprint density at radius 1 is 0.712 bits per heavy atom. The molecule has 2 saturated carbocycles. The quantitative estimate of drug-likeness (QED) is 0.104. The number of fused-ring (bicyclic) bond motifs is 4. The summed E-state index contributed by atoms with van der Waals surface area (Å²) < 4.78 is 0. The van der Waals surface area contributed by atoms with Crippen molar-refractivity contribution in [1.82, 2.24) is 0 Å². The highest BCUT2D eigenvalue weighted by molar-refractivity contribution is 5.90. The highest BCUT2D eigenvalue weighted by Crippen LogP contribution is 2.52. The van der Waals surface area contributed by atoms with Gasteiger partial charge in [-0.15, -0.1) is 13.2 Å². The molecule has 5 aromatic rings. The van der Waals surface area contributed by atoms with E-state index >= 15 is 0 Å². The summed E-state index contributed by atoms with van der Waals surface area (Å²) in [5, 5.41) is 2.54. The van der Waals surface area contributed by atoms with E-state index in [4.69, 9.17) is 0 Å². The van der Waals surface area contributed by atoms with Crippen LogP contribution in [-0.4, -0.2) is 6.04 Å². The molecule has 9 rings (SSSR count). The zero-order chi connectivity index (χ0) is 40.3. The second-order valence-corrected chi connectivity index (χ2v) is 18.3. The van der Waals surface area contributed by atoms with E-state index in [2.05, 4.69) is 176 Å². The van der Waals surface area contributed by atoms with E-state index in [1.54, 1.807) is 0 Å². The van der Waals surface area contributed by atoms with Gasteiger partial charge in [0.2, 0.25) is 0 Å². The minimum absolute atomic E-state index is 0.129. The molecule has 0 heterocycles. The highest BCUT2D eigenvalue weighted by Gasteiger charge is 2.37. The Morgan fingerprint density at radius 2 is 1.36 bits per heavy atom. The van der Waals surface area contributed by atoms with Crippen molar-refractivity contribution in [2.45, 2.75) is 102 Å². The van der Waals surface area contributed by atoms with Gasteiger partial charge in [0.25, 0.3) is 0 Å². The maximum Gasteiger partial charge on any atom is 0.0554 e. The van der Waals surface area contributed by atoms with Crippen molar-refractivity contribution in [2.24, 2.45) is 17.8 Å². The van der Waals surface area contributed by atoms with Crippen LogP contribution in [-0.2, 0) is 11.8 Å². The molecule has 2 nitrogen and oxygen atoms in total. The molecular formula is C57H62N2. The van der Waals surface area contributed by atoms with E-state index in [1.807, 2.05) is 6.08 Å². The van der Waals surface area contributed by atoms with Gasteiger partial charge in [-0.2, -0.15) is 0 Å². The Hall–Kier alpha value is -5.34. The first kappa shape index (κ1) is 39.1. The van der Waals surface area contributed by atoms with E-state index in [1.165, 1.54) is 118 Å². The fraction of sp³-hybridized carbons (Fsp3) is 0.333. The zero-order valence-corrected chi connectivity index (χ0v) is 35.5. The SMILES string of the molecule is C=CCCc1ccc(N(c2ccc3c(c2)C(C)(C)c2cc(N(C4=CCC(C5CCCC5)C=C4)c4ccc5ccccc5c4)ccc2-3)C(C=C)CC=CC2CCCC2)cc1. The van der Waals surface area contributed by atoms with Gasteiger partial charge in [-0.1, -0.05) is 131 Å². The van der Waals surface area contributed by atoms with Gasteiger partial charge < -0.3 is 9.80 Å². The van der Waals surface area contributed by atoms with Crippen LogP contribution in [0.1, 0.15) is 101 Å². The molecule has 0 N–H and O–H groups in total. The second-order valence-electron chi connectivity index (χ2n) is 18.3. The average Bonchev–Trinajstić information content (AvgIpc) is 4.05. The molecule has 5 aromatic carbocycles. The molecule has 2 unspecified atom stereocenters. The summed E-state index contributed by atoms with van der Waals surface area (Å²) in [5.41, 5.74) is 12.7. The number of aryl methyl sites for hydroxylation is 1. The van der Waals surface area contributed by atoms with E-state index < -0.39 is 0 Å². The number of hydrogen-bond donors (Lipinski definition) is 0. The van der Waals surface area contributed by atoms with Crippen LogP contribution in [0.3, 0.4) is 0 Å². The summed E-state index contributed by atoms with van der Waals surface area (Å²) in [6.07, 6.45) is 31.4. The van der Waals surface area contributed by atoms with Gasteiger partial charge in [0.1, 0.15) is 0 Å². The van der Waals surface area contributed by atoms with E-state index in [-0.39, 0.29) is 11.5 Å². The van der Waals surface area contributed by atoms with E-state index in [0.717, 1.165) is 37.5 Å². The molecule has 4 aliphatic rings. The maximum absolute atomic E-state index is 4.40. The first-order chi connectivity index (χ1) is 28.9. The van der Waals surface area contributed by atoms with Crippen molar-refractivity contribution in [3.05, 3.63) is 181 Å². The third-order valence-corrected chi connectivity index (χ3v) is 14.2. The molecule has 59 heavy (non-hydrogen) atoms. The molecule has 0 saturated heterocycles. The number of rotatable bonds is 14. The number of hydrogen-bond acceptors (Lipinski definition) is 2. The maximum atomic E-state index is 4.40. The minimum Gasteiger partial charge on any atom is -0.334 e. The normalized spacial score (nSPS) is 19.2. The van der Waals surface area contributed by atoms with Gasteiger partial charge in [-0.3, -0.25) is 0 Å². The van der Waals surface area contributed by atoms with E-state index in [0.29, 0.717) is 5.92 Å². The highest BCUT2D eigenvalue weighted by atomic mass is 15.2. The smallest absolute Gasteiger partial charge is 0.0554 e. The van der Waals surface area contributed by atoms with Gasteiger partial charge >= 0.3 is 0 Å². The van der Waals surface area contributed by atoms with Gasteiger partial charge in [0, 0.05) is 33.9 Å². The summed E-state index contributed by atoms with van der Waals surface area (Å²) >= 11 is 0. The summed E-state index contributed by atoms with van der Waals surface area (Å²) in [5.74, 6) is 2.20. The van der Waals surface area contributed by atoms with Crippen molar-refractivity contribution in [3.8, 4) is 11.1 Å². The second kappa shape index (κ2) is 17.1. The monoisotopic (exact) mass is 774 g/mol. The number of allylic oxidation sites excluding steroid dienone is 5. The largest absolute Gasteiger partial charge is 0.334 e. The molecule has 300 valence electrons. The van der Waals surface area contributed by atoms with Crippen molar-refractivity contribution >= 4 is 33.5 Å². The third-order valence-electron chi connectivity index (χ3n) is 14.2. The van der Waals surface area contributed by atoms with Crippen LogP contribution in [0, 0.1) is 17.8 Å². The molecule has 0 spiro atoms. The summed E-state index contributed by atoms with van der Waals surface area (Å²) in [4.78, 5) is 5.03. The Labute approximate surface area is 354 Å². The summed E-state index contributed by atoms with van der Waals surface area (Å²) in [6, 6.07) is 39.5. The Bertz CT molecular complexity index is 2390. The lowest BCUT2D eigenvalue weighted by molar-refractivity contribution is 0.405. The van der Waals surface area contributed by atoms with Gasteiger partial charge in [-0.05, 0) is 162 Å². The van der Waals surface area contributed by atoms with Crippen LogP contribution in [0.4, 0.5) is 22.7 Å². The molecule has 0 bridgehead atoms. The molecule has 0 radical (unpaired) electrons. The predicted octanol–water partition coefficient (Wildman–Crippen LogP) is 15.9. The van der Waals surface area contributed by atoms with Crippen LogP contribution in [0.2, 0.25) is 0 Å². The molecule has 4 aliphatic carbocycles.